The Bertz CT molecular complexity index is 306. The van der Waals surface area contributed by atoms with Gasteiger partial charge in [0, 0.05) is 7.05 Å². The van der Waals surface area contributed by atoms with E-state index in [1.807, 2.05) is 6.92 Å². The highest BCUT2D eigenvalue weighted by Gasteiger charge is 2.36. The van der Waals surface area contributed by atoms with Crippen molar-refractivity contribution in [1.29, 1.82) is 5.26 Å². The highest BCUT2D eigenvalue weighted by Crippen LogP contribution is 2.34. The van der Waals surface area contributed by atoms with Crippen molar-refractivity contribution in [3.8, 4) is 6.07 Å². The van der Waals surface area contributed by atoms with Crippen LogP contribution in [0.2, 0.25) is 0 Å². The SMILES string of the molecule is CNC(=O)O/N=C1\CCCC1(C)C#N. The number of carbonyl (C=O) groups is 1. The van der Waals surface area contributed by atoms with Crippen LogP contribution in [0.25, 0.3) is 0 Å². The maximum absolute atomic E-state index is 10.7. The molecular formula is C9H13N3O2. The predicted octanol–water partition coefficient (Wildman–Crippen LogP) is 1.41. The molecule has 14 heavy (non-hydrogen) atoms. The van der Waals surface area contributed by atoms with Gasteiger partial charge in [0.2, 0.25) is 0 Å². The molecule has 1 aliphatic rings. The summed E-state index contributed by atoms with van der Waals surface area (Å²) in [7, 11) is 1.46. The molecule has 76 valence electrons. The molecule has 5 heteroatoms. The quantitative estimate of drug-likeness (QED) is 0.507. The van der Waals surface area contributed by atoms with Gasteiger partial charge in [-0.05, 0) is 26.2 Å². The molecule has 0 aromatic carbocycles. The molecule has 1 atom stereocenters. The summed E-state index contributed by atoms with van der Waals surface area (Å²) in [6.07, 6.45) is 1.81. The van der Waals surface area contributed by atoms with Crippen LogP contribution in [0.1, 0.15) is 26.2 Å². The van der Waals surface area contributed by atoms with E-state index >= 15 is 0 Å². The molecule has 0 radical (unpaired) electrons. The van der Waals surface area contributed by atoms with Crippen LogP contribution in [0.4, 0.5) is 4.79 Å². The minimum atomic E-state index is -0.607. The van der Waals surface area contributed by atoms with Crippen LogP contribution in [0.3, 0.4) is 0 Å². The van der Waals surface area contributed by atoms with Gasteiger partial charge in [0.05, 0.1) is 17.2 Å². The summed E-state index contributed by atoms with van der Waals surface area (Å²) in [6.45, 7) is 1.81. The van der Waals surface area contributed by atoms with Crippen LogP contribution < -0.4 is 5.32 Å². The van der Waals surface area contributed by atoms with Crippen molar-refractivity contribution in [1.82, 2.24) is 5.32 Å². The molecule has 0 aromatic rings. The van der Waals surface area contributed by atoms with Gasteiger partial charge < -0.3 is 5.32 Å². The van der Waals surface area contributed by atoms with Crippen LogP contribution >= 0.6 is 0 Å². The Labute approximate surface area is 82.7 Å². The van der Waals surface area contributed by atoms with E-state index < -0.39 is 11.5 Å². The second-order valence-corrected chi connectivity index (χ2v) is 3.46. The van der Waals surface area contributed by atoms with Gasteiger partial charge in [-0.1, -0.05) is 5.16 Å². The fourth-order valence-corrected chi connectivity index (χ4v) is 1.44. The molecule has 5 nitrogen and oxygen atoms in total. The van der Waals surface area contributed by atoms with Crippen molar-refractivity contribution in [3.63, 3.8) is 0 Å². The van der Waals surface area contributed by atoms with E-state index in [9.17, 15) is 4.79 Å². The lowest BCUT2D eigenvalue weighted by Crippen LogP contribution is -2.22. The van der Waals surface area contributed by atoms with Crippen molar-refractivity contribution in [2.24, 2.45) is 10.6 Å². The number of rotatable bonds is 1. The topological polar surface area (TPSA) is 74.5 Å². The molecule has 0 saturated heterocycles. The summed E-state index contributed by atoms with van der Waals surface area (Å²) in [5.41, 5.74) is 0.0946. The standard InChI is InChI=1S/C9H13N3O2/c1-9(6-10)5-3-4-7(9)12-14-8(13)11-2/h3-5H2,1-2H3,(H,11,13)/b12-7+. The van der Waals surface area contributed by atoms with E-state index in [4.69, 9.17) is 5.26 Å². The molecule has 0 aliphatic heterocycles. The molecule has 1 unspecified atom stereocenters. The summed E-state index contributed by atoms with van der Waals surface area (Å²) in [6, 6.07) is 2.19. The van der Waals surface area contributed by atoms with E-state index in [0.29, 0.717) is 5.71 Å². The van der Waals surface area contributed by atoms with Crippen molar-refractivity contribution < 1.29 is 9.63 Å². The van der Waals surface area contributed by atoms with Gasteiger partial charge >= 0.3 is 6.09 Å². The lowest BCUT2D eigenvalue weighted by molar-refractivity contribution is 0.152. The summed E-state index contributed by atoms with van der Waals surface area (Å²) < 4.78 is 0. The number of amides is 1. The van der Waals surface area contributed by atoms with E-state index in [-0.39, 0.29) is 0 Å². The van der Waals surface area contributed by atoms with Crippen LogP contribution in [-0.4, -0.2) is 18.9 Å². The number of nitrogens with one attached hydrogen (secondary N) is 1. The largest absolute Gasteiger partial charge is 0.433 e. The number of oxime groups is 1. The van der Waals surface area contributed by atoms with E-state index in [1.54, 1.807) is 0 Å². The molecule has 0 spiro atoms. The first-order valence-electron chi connectivity index (χ1n) is 4.50. The molecule has 0 bridgehead atoms. The van der Waals surface area contributed by atoms with Crippen LogP contribution in [0.15, 0.2) is 5.16 Å². The van der Waals surface area contributed by atoms with E-state index in [0.717, 1.165) is 19.3 Å². The molecule has 1 amide bonds. The minimum Gasteiger partial charge on any atom is -0.323 e. The van der Waals surface area contributed by atoms with Gasteiger partial charge in [0.15, 0.2) is 0 Å². The van der Waals surface area contributed by atoms with Crippen LogP contribution in [0, 0.1) is 16.7 Å². The molecule has 1 saturated carbocycles. The Morgan fingerprint density at radius 2 is 2.50 bits per heavy atom. The Kier molecular flexibility index (Phi) is 3.07. The van der Waals surface area contributed by atoms with Crippen molar-refractivity contribution in [2.45, 2.75) is 26.2 Å². The van der Waals surface area contributed by atoms with Crippen LogP contribution in [-0.2, 0) is 4.84 Å². The predicted molar refractivity (Wildman–Crippen MR) is 50.5 cm³/mol. The van der Waals surface area contributed by atoms with Crippen molar-refractivity contribution in [3.05, 3.63) is 0 Å². The number of hydrogen-bond donors (Lipinski definition) is 1. The summed E-state index contributed by atoms with van der Waals surface area (Å²) >= 11 is 0. The number of nitrogens with zero attached hydrogens (tertiary/aromatic N) is 2. The third-order valence-electron chi connectivity index (χ3n) is 2.42. The highest BCUT2D eigenvalue weighted by molar-refractivity contribution is 5.94. The zero-order chi connectivity index (χ0) is 10.6. The molecule has 0 aromatic heterocycles. The Morgan fingerprint density at radius 3 is 3.07 bits per heavy atom. The van der Waals surface area contributed by atoms with Gasteiger partial charge in [0.25, 0.3) is 0 Å². The number of hydrogen-bond acceptors (Lipinski definition) is 4. The first kappa shape index (κ1) is 10.5. The zero-order valence-electron chi connectivity index (χ0n) is 8.33. The normalized spacial score (nSPS) is 28.5. The van der Waals surface area contributed by atoms with Crippen molar-refractivity contribution in [2.75, 3.05) is 7.05 Å². The van der Waals surface area contributed by atoms with E-state index in [1.165, 1.54) is 7.05 Å². The second kappa shape index (κ2) is 4.09. The van der Waals surface area contributed by atoms with Crippen molar-refractivity contribution >= 4 is 11.8 Å². The zero-order valence-corrected chi connectivity index (χ0v) is 8.33. The molecule has 1 fully saturated rings. The van der Waals surface area contributed by atoms with Gasteiger partial charge in [-0.3, -0.25) is 4.84 Å². The first-order valence-corrected chi connectivity index (χ1v) is 4.50. The second-order valence-electron chi connectivity index (χ2n) is 3.46. The number of carbonyl (C=O) groups excluding carboxylic acids is 1. The molecule has 0 heterocycles. The summed E-state index contributed by atoms with van der Waals surface area (Å²) in [5, 5.41) is 14.9. The maximum Gasteiger partial charge on any atom is 0.433 e. The van der Waals surface area contributed by atoms with Gasteiger partial charge in [-0.25, -0.2) is 4.79 Å². The number of nitriles is 1. The first-order chi connectivity index (χ1) is 6.62. The molecule has 1 aliphatic carbocycles. The fourth-order valence-electron chi connectivity index (χ4n) is 1.44. The van der Waals surface area contributed by atoms with Gasteiger partial charge in [0.1, 0.15) is 0 Å². The lowest BCUT2D eigenvalue weighted by Gasteiger charge is -2.13. The van der Waals surface area contributed by atoms with Crippen LogP contribution in [0.5, 0.6) is 0 Å². The third kappa shape index (κ3) is 2.02. The Hall–Kier alpha value is -1.57. The summed E-state index contributed by atoms with van der Waals surface area (Å²) in [5.74, 6) is 0. The van der Waals surface area contributed by atoms with Gasteiger partial charge in [-0.15, -0.1) is 0 Å². The Morgan fingerprint density at radius 1 is 1.79 bits per heavy atom. The average Bonchev–Trinajstić information content (AvgIpc) is 2.57. The highest BCUT2D eigenvalue weighted by atomic mass is 16.7. The summed E-state index contributed by atoms with van der Waals surface area (Å²) in [4.78, 5) is 15.3. The monoisotopic (exact) mass is 195 g/mol. The minimum absolute atomic E-state index is 0.561. The third-order valence-corrected chi connectivity index (χ3v) is 2.42. The smallest absolute Gasteiger partial charge is 0.323 e. The molecular weight excluding hydrogens is 182 g/mol. The Balaban J connectivity index is 2.68. The fraction of sp³-hybridized carbons (Fsp3) is 0.667. The van der Waals surface area contributed by atoms with E-state index in [2.05, 4.69) is 21.4 Å². The lowest BCUT2D eigenvalue weighted by atomic mass is 9.89. The molecule has 1 N–H and O–H groups in total. The van der Waals surface area contributed by atoms with Gasteiger partial charge in [-0.2, -0.15) is 5.26 Å². The maximum atomic E-state index is 10.7. The molecule has 1 rings (SSSR count). The average molecular weight is 195 g/mol.